The summed E-state index contributed by atoms with van der Waals surface area (Å²) in [7, 11) is 0. The van der Waals surface area contributed by atoms with Crippen LogP contribution in [0.15, 0.2) is 46.9 Å². The monoisotopic (exact) mass is 550 g/mol. The highest BCUT2D eigenvalue weighted by molar-refractivity contribution is 9.10. The minimum atomic E-state index is -4.63. The standard InChI is InChI=1S/C20H13BrClF5N4O2/c1-10-29-16(17(32)28-9-19(23,24)14-6-5-12(21)8-15(14)22)18(31-30-10)33-13-4-2-3-11(7-13)20(25,26)27/h2-8H,9H2,1H3,(H,28,32). The summed E-state index contributed by atoms with van der Waals surface area (Å²) in [6, 6.07) is 7.57. The average Bonchev–Trinajstić information content (AvgIpc) is 2.72. The van der Waals surface area contributed by atoms with Crippen molar-refractivity contribution in [3.63, 3.8) is 0 Å². The number of halogens is 7. The van der Waals surface area contributed by atoms with Crippen molar-refractivity contribution < 1.29 is 31.5 Å². The SMILES string of the molecule is Cc1nnc(Oc2cccc(C(F)(F)F)c2)c(C(=O)NCC(F)(F)c2ccc(Br)cc2Cl)n1. The number of ether oxygens (including phenoxy) is 1. The van der Waals surface area contributed by atoms with E-state index in [1.807, 2.05) is 5.32 Å². The van der Waals surface area contributed by atoms with Crippen LogP contribution in [0, 0.1) is 6.92 Å². The van der Waals surface area contributed by atoms with Gasteiger partial charge in [0.1, 0.15) is 11.6 Å². The highest BCUT2D eigenvalue weighted by Gasteiger charge is 2.35. The number of benzene rings is 2. The van der Waals surface area contributed by atoms with E-state index in [1.165, 1.54) is 25.1 Å². The minimum Gasteiger partial charge on any atom is -0.436 e. The minimum absolute atomic E-state index is 0.0132. The van der Waals surface area contributed by atoms with Gasteiger partial charge in [-0.15, -0.1) is 10.2 Å². The molecule has 0 fully saturated rings. The van der Waals surface area contributed by atoms with Gasteiger partial charge in [0.2, 0.25) is 0 Å². The van der Waals surface area contributed by atoms with Crippen molar-refractivity contribution in [2.45, 2.75) is 19.0 Å². The van der Waals surface area contributed by atoms with Crippen molar-refractivity contribution in [2.24, 2.45) is 0 Å². The maximum atomic E-state index is 14.6. The Kier molecular flexibility index (Phi) is 7.17. The average molecular weight is 552 g/mol. The zero-order valence-corrected chi connectivity index (χ0v) is 18.9. The van der Waals surface area contributed by atoms with Crippen molar-refractivity contribution >= 4 is 33.4 Å². The van der Waals surface area contributed by atoms with Crippen LogP contribution < -0.4 is 10.1 Å². The third-order valence-electron chi connectivity index (χ3n) is 4.15. The highest BCUT2D eigenvalue weighted by Crippen LogP contribution is 2.35. The van der Waals surface area contributed by atoms with Crippen molar-refractivity contribution in [3.05, 3.63) is 74.6 Å². The second kappa shape index (κ2) is 9.56. The number of aryl methyl sites for hydroxylation is 1. The molecule has 0 saturated heterocycles. The zero-order chi connectivity index (χ0) is 24.4. The maximum absolute atomic E-state index is 14.6. The fraction of sp³-hybridized carbons (Fsp3) is 0.200. The Bertz CT molecular complexity index is 1190. The number of aromatic nitrogens is 3. The van der Waals surface area contributed by atoms with Gasteiger partial charge in [-0.25, -0.2) is 4.98 Å². The maximum Gasteiger partial charge on any atom is 0.416 e. The van der Waals surface area contributed by atoms with Gasteiger partial charge in [0.15, 0.2) is 5.69 Å². The molecular weight excluding hydrogens is 539 g/mol. The number of amides is 1. The molecule has 0 aliphatic heterocycles. The molecule has 0 spiro atoms. The van der Waals surface area contributed by atoms with Crippen LogP contribution in [0.25, 0.3) is 0 Å². The summed E-state index contributed by atoms with van der Waals surface area (Å²) in [5.74, 6) is -5.47. The molecule has 0 saturated carbocycles. The van der Waals surface area contributed by atoms with Gasteiger partial charge in [-0.05, 0) is 37.3 Å². The third kappa shape index (κ3) is 6.14. The van der Waals surface area contributed by atoms with E-state index in [2.05, 4.69) is 31.1 Å². The number of alkyl halides is 5. The van der Waals surface area contributed by atoms with Gasteiger partial charge in [0, 0.05) is 10.0 Å². The summed E-state index contributed by atoms with van der Waals surface area (Å²) in [4.78, 5) is 16.4. The molecule has 0 bridgehead atoms. The van der Waals surface area contributed by atoms with E-state index >= 15 is 0 Å². The van der Waals surface area contributed by atoms with Crippen LogP contribution in [0.1, 0.15) is 27.4 Å². The van der Waals surface area contributed by atoms with Gasteiger partial charge < -0.3 is 10.1 Å². The molecule has 1 amide bonds. The summed E-state index contributed by atoms with van der Waals surface area (Å²) in [6.07, 6.45) is -4.63. The Morgan fingerprint density at radius 1 is 1.12 bits per heavy atom. The number of carbonyl (C=O) groups is 1. The van der Waals surface area contributed by atoms with Crippen LogP contribution in [0.5, 0.6) is 11.6 Å². The first kappa shape index (κ1) is 24.8. The number of hydrogen-bond acceptors (Lipinski definition) is 5. The number of rotatable bonds is 6. The van der Waals surface area contributed by atoms with E-state index in [0.717, 1.165) is 18.2 Å². The molecule has 0 unspecified atom stereocenters. The first-order valence-corrected chi connectivity index (χ1v) is 10.2. The molecule has 2 aromatic carbocycles. The fourth-order valence-corrected chi connectivity index (χ4v) is 3.43. The Balaban J connectivity index is 1.82. The molecule has 0 aliphatic carbocycles. The van der Waals surface area contributed by atoms with Crippen LogP contribution in [0.4, 0.5) is 22.0 Å². The lowest BCUT2D eigenvalue weighted by Crippen LogP contribution is -2.36. The fourth-order valence-electron chi connectivity index (χ4n) is 2.62. The van der Waals surface area contributed by atoms with E-state index in [9.17, 15) is 26.7 Å². The molecule has 1 aromatic heterocycles. The van der Waals surface area contributed by atoms with Gasteiger partial charge in [-0.2, -0.15) is 22.0 Å². The van der Waals surface area contributed by atoms with E-state index in [1.54, 1.807) is 0 Å². The molecule has 0 aliphatic rings. The van der Waals surface area contributed by atoms with Crippen molar-refractivity contribution in [1.82, 2.24) is 20.5 Å². The normalized spacial score (nSPS) is 11.9. The topological polar surface area (TPSA) is 77.0 Å². The second-order valence-corrected chi connectivity index (χ2v) is 7.97. The zero-order valence-electron chi connectivity index (χ0n) is 16.6. The van der Waals surface area contributed by atoms with Gasteiger partial charge in [-0.1, -0.05) is 39.7 Å². The van der Waals surface area contributed by atoms with E-state index in [0.29, 0.717) is 10.5 Å². The summed E-state index contributed by atoms with van der Waals surface area (Å²) in [5, 5.41) is 9.04. The van der Waals surface area contributed by atoms with Crippen molar-refractivity contribution in [1.29, 1.82) is 0 Å². The van der Waals surface area contributed by atoms with Crippen LogP contribution >= 0.6 is 27.5 Å². The molecule has 33 heavy (non-hydrogen) atoms. The van der Waals surface area contributed by atoms with Crippen LogP contribution in [-0.2, 0) is 12.1 Å². The molecule has 1 heterocycles. The van der Waals surface area contributed by atoms with Crippen LogP contribution in [0.2, 0.25) is 5.02 Å². The lowest BCUT2D eigenvalue weighted by molar-refractivity contribution is -0.137. The molecule has 6 nitrogen and oxygen atoms in total. The number of nitrogens with one attached hydrogen (secondary N) is 1. The summed E-state index contributed by atoms with van der Waals surface area (Å²) in [6.45, 7) is 0.243. The van der Waals surface area contributed by atoms with Gasteiger partial charge in [0.05, 0.1) is 17.1 Å². The molecule has 3 aromatic rings. The third-order valence-corrected chi connectivity index (χ3v) is 4.95. The van der Waals surface area contributed by atoms with Crippen LogP contribution in [0.3, 0.4) is 0 Å². The predicted molar refractivity (Wildman–Crippen MR) is 111 cm³/mol. The number of hydrogen-bond donors (Lipinski definition) is 1. The summed E-state index contributed by atoms with van der Waals surface area (Å²) >= 11 is 8.99. The van der Waals surface area contributed by atoms with Crippen LogP contribution in [-0.4, -0.2) is 27.6 Å². The molecule has 0 radical (unpaired) electrons. The molecule has 13 heteroatoms. The van der Waals surface area contributed by atoms with Gasteiger partial charge >= 0.3 is 6.18 Å². The van der Waals surface area contributed by atoms with E-state index < -0.39 is 47.3 Å². The molecule has 174 valence electrons. The Hall–Kier alpha value is -2.86. The predicted octanol–water partition coefficient (Wildman–Crippen LogP) is 5.93. The quantitative estimate of drug-likeness (QED) is 0.385. The van der Waals surface area contributed by atoms with Crippen molar-refractivity contribution in [2.75, 3.05) is 6.54 Å². The Morgan fingerprint density at radius 2 is 1.85 bits per heavy atom. The lowest BCUT2D eigenvalue weighted by atomic mass is 10.1. The number of nitrogens with zero attached hydrogens (tertiary/aromatic N) is 3. The lowest BCUT2D eigenvalue weighted by Gasteiger charge is -2.19. The smallest absolute Gasteiger partial charge is 0.416 e. The first-order valence-electron chi connectivity index (χ1n) is 9.05. The van der Waals surface area contributed by atoms with E-state index in [-0.39, 0.29) is 16.6 Å². The second-order valence-electron chi connectivity index (χ2n) is 6.65. The van der Waals surface area contributed by atoms with Gasteiger partial charge in [-0.3, -0.25) is 4.79 Å². The van der Waals surface area contributed by atoms with Gasteiger partial charge in [0.25, 0.3) is 17.7 Å². The molecule has 3 rings (SSSR count). The Morgan fingerprint density at radius 3 is 2.52 bits per heavy atom. The summed E-state index contributed by atoms with van der Waals surface area (Å²) < 4.78 is 73.7. The molecular formula is C20H13BrClF5N4O2. The largest absolute Gasteiger partial charge is 0.436 e. The molecule has 1 N–H and O–H groups in total. The van der Waals surface area contributed by atoms with Crippen molar-refractivity contribution in [3.8, 4) is 11.6 Å². The number of carbonyl (C=O) groups excluding carboxylic acids is 1. The van der Waals surface area contributed by atoms with E-state index in [4.69, 9.17) is 16.3 Å². The molecule has 0 atom stereocenters. The highest BCUT2D eigenvalue weighted by atomic mass is 79.9. The summed E-state index contributed by atoms with van der Waals surface area (Å²) in [5.41, 5.74) is -2.03. The first-order chi connectivity index (χ1) is 15.4. The Labute approximate surface area is 197 Å².